The summed E-state index contributed by atoms with van der Waals surface area (Å²) in [5.41, 5.74) is 1.26. The summed E-state index contributed by atoms with van der Waals surface area (Å²) < 4.78 is 1.57. The van der Waals surface area contributed by atoms with Crippen molar-refractivity contribution < 1.29 is 4.79 Å². The van der Waals surface area contributed by atoms with E-state index in [2.05, 4.69) is 11.7 Å². The number of carbonyl (C=O) groups excluding carboxylic acids is 1. The third-order valence-electron chi connectivity index (χ3n) is 4.02. The first-order valence-corrected chi connectivity index (χ1v) is 8.02. The van der Waals surface area contributed by atoms with E-state index in [1.807, 2.05) is 42.5 Å². The van der Waals surface area contributed by atoms with Gasteiger partial charge in [-0.1, -0.05) is 48.5 Å². The Morgan fingerprint density at radius 2 is 1.84 bits per heavy atom. The highest BCUT2D eigenvalue weighted by atomic mass is 16.2. The summed E-state index contributed by atoms with van der Waals surface area (Å²) >= 11 is 0. The van der Waals surface area contributed by atoms with Crippen LogP contribution in [-0.2, 0) is 13.6 Å². The Morgan fingerprint density at radius 1 is 1.16 bits per heavy atom. The van der Waals surface area contributed by atoms with Crippen molar-refractivity contribution in [3.8, 4) is 0 Å². The van der Waals surface area contributed by atoms with Crippen molar-refractivity contribution in [2.45, 2.75) is 6.54 Å². The number of aromatic nitrogens is 2. The fourth-order valence-corrected chi connectivity index (χ4v) is 2.79. The lowest BCUT2D eigenvalue weighted by atomic mass is 10.1. The number of para-hydroxylation sites is 1. The van der Waals surface area contributed by atoms with Gasteiger partial charge in [0.1, 0.15) is 0 Å². The van der Waals surface area contributed by atoms with Crippen molar-refractivity contribution in [2.75, 3.05) is 6.54 Å². The minimum absolute atomic E-state index is 0.0704. The second-order valence-corrected chi connectivity index (χ2v) is 5.78. The molecule has 1 amide bonds. The average molecular weight is 333 g/mol. The van der Waals surface area contributed by atoms with Gasteiger partial charge in [0.25, 0.3) is 5.91 Å². The third-order valence-corrected chi connectivity index (χ3v) is 4.02. The summed E-state index contributed by atoms with van der Waals surface area (Å²) in [6.07, 6.45) is 1.65. The number of rotatable bonds is 5. The Bertz CT molecular complexity index is 977. The van der Waals surface area contributed by atoms with E-state index in [9.17, 15) is 9.59 Å². The number of benzene rings is 2. The molecule has 1 heterocycles. The zero-order valence-electron chi connectivity index (χ0n) is 14.1. The Morgan fingerprint density at radius 3 is 2.56 bits per heavy atom. The van der Waals surface area contributed by atoms with Gasteiger partial charge in [0.2, 0.25) is 5.43 Å². The molecule has 0 atom stereocenters. The molecule has 0 saturated carbocycles. The van der Waals surface area contributed by atoms with E-state index >= 15 is 0 Å². The molecule has 0 unspecified atom stereocenters. The molecule has 5 heteroatoms. The molecule has 0 aliphatic carbocycles. The molecule has 5 nitrogen and oxygen atoms in total. The van der Waals surface area contributed by atoms with Crippen LogP contribution in [0.5, 0.6) is 0 Å². The largest absolute Gasteiger partial charge is 0.329 e. The number of amides is 1. The lowest BCUT2D eigenvalue weighted by molar-refractivity contribution is 0.0753. The van der Waals surface area contributed by atoms with Crippen LogP contribution in [0, 0.1) is 0 Å². The van der Waals surface area contributed by atoms with E-state index in [1.165, 1.54) is 0 Å². The van der Waals surface area contributed by atoms with Gasteiger partial charge in [0.15, 0.2) is 5.69 Å². The summed E-state index contributed by atoms with van der Waals surface area (Å²) in [4.78, 5) is 27.3. The molecule has 0 saturated heterocycles. The summed E-state index contributed by atoms with van der Waals surface area (Å²) in [6.45, 7) is 4.44. The molecule has 3 rings (SSSR count). The molecule has 0 N–H and O–H groups in total. The predicted octanol–water partition coefficient (Wildman–Crippen LogP) is 2.76. The molecule has 0 spiro atoms. The molecule has 25 heavy (non-hydrogen) atoms. The fraction of sp³-hybridized carbons (Fsp3) is 0.150. The molecule has 0 aliphatic rings. The Hall–Kier alpha value is -3.21. The van der Waals surface area contributed by atoms with E-state index in [4.69, 9.17) is 0 Å². The number of nitrogens with zero attached hydrogens (tertiary/aromatic N) is 3. The molecule has 1 aromatic heterocycles. The van der Waals surface area contributed by atoms with Crippen molar-refractivity contribution in [1.29, 1.82) is 0 Å². The monoisotopic (exact) mass is 333 g/mol. The van der Waals surface area contributed by atoms with Crippen molar-refractivity contribution in [3.63, 3.8) is 0 Å². The molecule has 3 aromatic rings. The Balaban J connectivity index is 2.02. The number of hydrogen-bond acceptors (Lipinski definition) is 3. The maximum absolute atomic E-state index is 13.0. The van der Waals surface area contributed by atoms with Gasteiger partial charge in [-0.2, -0.15) is 5.10 Å². The number of carbonyl (C=O) groups is 1. The summed E-state index contributed by atoms with van der Waals surface area (Å²) in [5, 5.41) is 4.71. The molecule has 0 fully saturated rings. The average Bonchev–Trinajstić information content (AvgIpc) is 2.65. The summed E-state index contributed by atoms with van der Waals surface area (Å²) in [7, 11) is 1.73. The fourth-order valence-electron chi connectivity index (χ4n) is 2.79. The quantitative estimate of drug-likeness (QED) is 0.675. The van der Waals surface area contributed by atoms with Crippen LogP contribution < -0.4 is 5.43 Å². The lowest BCUT2D eigenvalue weighted by Crippen LogP contribution is -2.36. The highest BCUT2D eigenvalue weighted by Crippen LogP contribution is 2.11. The van der Waals surface area contributed by atoms with Crippen LogP contribution in [0.1, 0.15) is 16.1 Å². The molecule has 126 valence electrons. The highest BCUT2D eigenvalue weighted by molar-refractivity contribution is 5.95. The Kier molecular flexibility index (Phi) is 4.75. The first-order chi connectivity index (χ1) is 12.1. The highest BCUT2D eigenvalue weighted by Gasteiger charge is 2.22. The van der Waals surface area contributed by atoms with Crippen molar-refractivity contribution >= 4 is 16.8 Å². The van der Waals surface area contributed by atoms with E-state index in [0.29, 0.717) is 24.0 Å². The van der Waals surface area contributed by atoms with Gasteiger partial charge in [-0.3, -0.25) is 14.3 Å². The van der Waals surface area contributed by atoms with Crippen molar-refractivity contribution in [1.82, 2.24) is 14.7 Å². The normalized spacial score (nSPS) is 10.6. The lowest BCUT2D eigenvalue weighted by Gasteiger charge is -2.21. The summed E-state index contributed by atoms with van der Waals surface area (Å²) in [5.74, 6) is -0.393. The minimum atomic E-state index is -0.393. The molecular formula is C20H19N3O2. The summed E-state index contributed by atoms with van der Waals surface area (Å²) in [6, 6.07) is 16.8. The molecule has 0 radical (unpaired) electrons. The number of fused-ring (bicyclic) bond motifs is 1. The van der Waals surface area contributed by atoms with Crippen molar-refractivity contribution in [3.05, 3.63) is 88.7 Å². The van der Waals surface area contributed by atoms with E-state index in [1.54, 1.807) is 34.8 Å². The second kappa shape index (κ2) is 7.13. The first kappa shape index (κ1) is 16.6. The smallest absolute Gasteiger partial charge is 0.278 e. The van der Waals surface area contributed by atoms with Crippen molar-refractivity contribution in [2.24, 2.45) is 7.05 Å². The van der Waals surface area contributed by atoms with Crippen LogP contribution in [0.15, 0.2) is 72.0 Å². The maximum atomic E-state index is 13.0. The van der Waals surface area contributed by atoms with Gasteiger partial charge in [0.05, 0.1) is 5.52 Å². The van der Waals surface area contributed by atoms with E-state index in [0.717, 1.165) is 5.56 Å². The van der Waals surface area contributed by atoms with Gasteiger partial charge < -0.3 is 4.90 Å². The zero-order valence-corrected chi connectivity index (χ0v) is 14.1. The topological polar surface area (TPSA) is 55.2 Å². The van der Waals surface area contributed by atoms with Crippen LogP contribution in [0.3, 0.4) is 0 Å². The Labute approximate surface area is 145 Å². The van der Waals surface area contributed by atoms with Gasteiger partial charge >= 0.3 is 0 Å². The third kappa shape index (κ3) is 3.35. The van der Waals surface area contributed by atoms with Gasteiger partial charge in [-0.05, 0) is 17.7 Å². The maximum Gasteiger partial charge on any atom is 0.278 e. The van der Waals surface area contributed by atoms with Gasteiger partial charge in [-0.25, -0.2) is 0 Å². The van der Waals surface area contributed by atoms with Gasteiger partial charge in [-0.15, -0.1) is 6.58 Å². The molecular weight excluding hydrogens is 314 g/mol. The zero-order chi connectivity index (χ0) is 17.8. The van der Waals surface area contributed by atoms with Crippen LogP contribution in [-0.4, -0.2) is 27.1 Å². The molecule has 0 aliphatic heterocycles. The van der Waals surface area contributed by atoms with Crippen LogP contribution >= 0.6 is 0 Å². The van der Waals surface area contributed by atoms with Gasteiger partial charge in [0, 0.05) is 25.5 Å². The standard InChI is InChI=1S/C20H19N3O2/c1-3-13-23(14-15-9-5-4-6-10-15)20(25)18-19(24)16-11-7-8-12-17(16)22(2)21-18/h3-12H,1,13-14H2,2H3. The van der Waals surface area contributed by atoms with E-state index < -0.39 is 5.91 Å². The number of aryl methyl sites for hydroxylation is 1. The van der Waals surface area contributed by atoms with E-state index in [-0.39, 0.29) is 11.1 Å². The van der Waals surface area contributed by atoms with Crippen LogP contribution in [0.4, 0.5) is 0 Å². The SMILES string of the molecule is C=CCN(Cc1ccccc1)C(=O)c1nn(C)c2ccccc2c1=O. The van der Waals surface area contributed by atoms with Crippen LogP contribution in [0.2, 0.25) is 0 Å². The van der Waals surface area contributed by atoms with Crippen LogP contribution in [0.25, 0.3) is 10.9 Å². The molecule has 2 aromatic carbocycles. The first-order valence-electron chi connectivity index (χ1n) is 8.02. The predicted molar refractivity (Wildman–Crippen MR) is 98.4 cm³/mol. The molecule has 0 bridgehead atoms. The minimum Gasteiger partial charge on any atom is -0.329 e. The number of hydrogen-bond donors (Lipinski definition) is 0. The second-order valence-electron chi connectivity index (χ2n) is 5.78.